The monoisotopic (exact) mass is 437 g/mol. The second-order valence-electron chi connectivity index (χ2n) is 7.79. The van der Waals surface area contributed by atoms with Crippen LogP contribution in [0.4, 0.5) is 10.6 Å². The van der Waals surface area contributed by atoms with Gasteiger partial charge in [0.2, 0.25) is 0 Å². The van der Waals surface area contributed by atoms with E-state index in [1.165, 1.54) is 18.3 Å². The van der Waals surface area contributed by atoms with Crippen molar-refractivity contribution in [1.29, 1.82) is 0 Å². The Kier molecular flexibility index (Phi) is 6.89. The van der Waals surface area contributed by atoms with Gasteiger partial charge in [-0.1, -0.05) is 18.2 Å². The van der Waals surface area contributed by atoms with Gasteiger partial charge in [-0.2, -0.15) is 0 Å². The number of ether oxygens (including phenoxy) is 3. The Morgan fingerprint density at radius 1 is 0.969 bits per heavy atom. The molecule has 0 radical (unpaired) electrons. The van der Waals surface area contributed by atoms with Gasteiger partial charge in [0.25, 0.3) is 0 Å². The van der Waals surface area contributed by atoms with Crippen LogP contribution in [0.5, 0.6) is 23.0 Å². The van der Waals surface area contributed by atoms with Gasteiger partial charge in [-0.05, 0) is 66.6 Å². The van der Waals surface area contributed by atoms with Crippen LogP contribution in [0.3, 0.4) is 0 Å². The van der Waals surface area contributed by atoms with E-state index in [4.69, 9.17) is 14.2 Å². The SMILES string of the molecule is CC(C)(C)OC(=O)NCc1ccc(Oc2cccc(Oc3ccc([N+](=O)[O-])nc3)c2)cc1. The predicted molar refractivity (Wildman–Crippen MR) is 117 cm³/mol. The lowest BCUT2D eigenvalue weighted by molar-refractivity contribution is -0.389. The molecule has 0 spiro atoms. The highest BCUT2D eigenvalue weighted by Crippen LogP contribution is 2.28. The maximum atomic E-state index is 11.7. The fourth-order valence-electron chi connectivity index (χ4n) is 2.58. The third kappa shape index (κ3) is 6.98. The summed E-state index contributed by atoms with van der Waals surface area (Å²) in [6.45, 7) is 5.76. The average Bonchev–Trinajstić information content (AvgIpc) is 2.73. The molecule has 0 fully saturated rings. The van der Waals surface area contributed by atoms with Crippen molar-refractivity contribution in [3.05, 3.63) is 82.5 Å². The number of carbonyl (C=O) groups excluding carboxylic acids is 1. The number of pyridine rings is 1. The molecule has 1 N–H and O–H groups in total. The van der Waals surface area contributed by atoms with Crippen molar-refractivity contribution in [2.24, 2.45) is 0 Å². The number of nitro groups is 1. The Balaban J connectivity index is 1.57. The Morgan fingerprint density at radius 2 is 1.59 bits per heavy atom. The number of rotatable bonds is 7. The maximum absolute atomic E-state index is 11.7. The number of amides is 1. The van der Waals surface area contributed by atoms with E-state index in [0.29, 0.717) is 29.5 Å². The molecule has 0 bridgehead atoms. The van der Waals surface area contributed by atoms with E-state index in [1.54, 1.807) is 36.4 Å². The molecule has 1 amide bonds. The van der Waals surface area contributed by atoms with E-state index in [9.17, 15) is 14.9 Å². The highest BCUT2D eigenvalue weighted by molar-refractivity contribution is 5.67. The summed E-state index contributed by atoms with van der Waals surface area (Å²) in [5.41, 5.74) is 0.348. The fourth-order valence-corrected chi connectivity index (χ4v) is 2.58. The molecule has 166 valence electrons. The number of alkyl carbamates (subject to hydrolysis) is 1. The second kappa shape index (κ2) is 9.78. The van der Waals surface area contributed by atoms with Gasteiger partial charge in [-0.15, -0.1) is 0 Å². The number of carbonyl (C=O) groups is 1. The first kappa shape index (κ1) is 22.5. The summed E-state index contributed by atoms with van der Waals surface area (Å²) < 4.78 is 16.8. The predicted octanol–water partition coefficient (Wildman–Crippen LogP) is 5.60. The zero-order valence-electron chi connectivity index (χ0n) is 17.9. The molecule has 0 aliphatic rings. The molecule has 2 aromatic carbocycles. The Morgan fingerprint density at radius 3 is 2.16 bits per heavy atom. The first-order valence-corrected chi connectivity index (χ1v) is 9.80. The molecule has 0 atom stereocenters. The lowest BCUT2D eigenvalue weighted by Gasteiger charge is -2.19. The standard InChI is InChI=1S/C23H23N3O6/c1-23(2,3)32-22(27)25-14-16-7-9-17(10-8-16)30-18-5-4-6-19(13-18)31-20-11-12-21(24-15-20)26(28)29/h4-13,15H,14H2,1-3H3,(H,25,27). The molecule has 9 nitrogen and oxygen atoms in total. The van der Waals surface area contributed by atoms with E-state index in [0.717, 1.165) is 5.56 Å². The van der Waals surface area contributed by atoms with Crippen LogP contribution in [0.25, 0.3) is 0 Å². The fraction of sp³-hybridized carbons (Fsp3) is 0.217. The molecule has 0 aliphatic heterocycles. The topological polar surface area (TPSA) is 113 Å². The summed E-state index contributed by atoms with van der Waals surface area (Å²) in [7, 11) is 0. The smallest absolute Gasteiger partial charge is 0.407 e. The van der Waals surface area contributed by atoms with Gasteiger partial charge >= 0.3 is 11.9 Å². The highest BCUT2D eigenvalue weighted by Gasteiger charge is 2.15. The van der Waals surface area contributed by atoms with Gasteiger partial charge in [0.15, 0.2) is 11.9 Å². The third-order valence-corrected chi connectivity index (χ3v) is 3.94. The zero-order valence-corrected chi connectivity index (χ0v) is 17.9. The van der Waals surface area contributed by atoms with Gasteiger partial charge in [0.05, 0.1) is 0 Å². The lowest BCUT2D eigenvalue weighted by atomic mass is 10.2. The number of benzene rings is 2. The number of nitrogens with one attached hydrogen (secondary N) is 1. The number of nitrogens with zero attached hydrogens (tertiary/aromatic N) is 2. The van der Waals surface area contributed by atoms with Crippen LogP contribution in [0, 0.1) is 10.1 Å². The molecule has 9 heteroatoms. The Hall–Kier alpha value is -4.14. The minimum atomic E-state index is -0.572. The molecule has 0 unspecified atom stereocenters. The van der Waals surface area contributed by atoms with E-state index < -0.39 is 16.6 Å². The van der Waals surface area contributed by atoms with Crippen LogP contribution >= 0.6 is 0 Å². The van der Waals surface area contributed by atoms with E-state index in [2.05, 4.69) is 10.3 Å². The van der Waals surface area contributed by atoms with Crippen molar-refractivity contribution in [2.75, 3.05) is 0 Å². The summed E-state index contributed by atoms with van der Waals surface area (Å²) >= 11 is 0. The first-order chi connectivity index (χ1) is 15.2. The average molecular weight is 437 g/mol. The minimum absolute atomic E-state index is 0.251. The van der Waals surface area contributed by atoms with Crippen LogP contribution in [-0.2, 0) is 11.3 Å². The third-order valence-electron chi connectivity index (χ3n) is 3.94. The van der Waals surface area contributed by atoms with Crippen molar-refractivity contribution in [3.8, 4) is 23.0 Å². The van der Waals surface area contributed by atoms with E-state index in [-0.39, 0.29) is 5.82 Å². The van der Waals surface area contributed by atoms with Crippen molar-refractivity contribution in [3.63, 3.8) is 0 Å². The highest BCUT2D eigenvalue weighted by atomic mass is 16.6. The van der Waals surface area contributed by atoms with Crippen molar-refractivity contribution in [2.45, 2.75) is 32.9 Å². The largest absolute Gasteiger partial charge is 0.457 e. The van der Waals surface area contributed by atoms with Gasteiger partial charge in [0.1, 0.15) is 22.8 Å². The van der Waals surface area contributed by atoms with Crippen LogP contribution in [0.15, 0.2) is 66.9 Å². The molecule has 1 heterocycles. The molecule has 1 aromatic heterocycles. The van der Waals surface area contributed by atoms with Gasteiger partial charge in [0, 0.05) is 18.7 Å². The minimum Gasteiger partial charge on any atom is -0.457 e. The van der Waals surface area contributed by atoms with E-state index >= 15 is 0 Å². The van der Waals surface area contributed by atoms with Crippen LogP contribution < -0.4 is 14.8 Å². The van der Waals surface area contributed by atoms with Crippen LogP contribution in [0.1, 0.15) is 26.3 Å². The molecule has 32 heavy (non-hydrogen) atoms. The van der Waals surface area contributed by atoms with Crippen LogP contribution in [-0.4, -0.2) is 21.6 Å². The van der Waals surface area contributed by atoms with Gasteiger partial charge in [-0.3, -0.25) is 0 Å². The Bertz CT molecular complexity index is 1080. The molecule has 0 aliphatic carbocycles. The summed E-state index contributed by atoms with van der Waals surface area (Å²) in [4.78, 5) is 25.6. The van der Waals surface area contributed by atoms with Crippen molar-refractivity contribution < 1.29 is 23.9 Å². The molecule has 3 aromatic rings. The Labute approximate surface area is 185 Å². The number of aromatic nitrogens is 1. The van der Waals surface area contributed by atoms with Crippen molar-refractivity contribution in [1.82, 2.24) is 10.3 Å². The zero-order chi connectivity index (χ0) is 23.1. The quantitative estimate of drug-likeness (QED) is 0.378. The lowest BCUT2D eigenvalue weighted by Crippen LogP contribution is -2.32. The second-order valence-corrected chi connectivity index (χ2v) is 7.79. The van der Waals surface area contributed by atoms with Crippen molar-refractivity contribution >= 4 is 11.9 Å². The summed E-state index contributed by atoms with van der Waals surface area (Å²) in [6.07, 6.45) is 0.813. The van der Waals surface area contributed by atoms with Gasteiger partial charge < -0.3 is 29.6 Å². The summed E-state index contributed by atoms with van der Waals surface area (Å²) in [6, 6.07) is 17.0. The molecular formula is C23H23N3O6. The first-order valence-electron chi connectivity index (χ1n) is 9.80. The van der Waals surface area contributed by atoms with Gasteiger partial charge in [-0.25, -0.2) is 4.79 Å². The number of hydrogen-bond acceptors (Lipinski definition) is 7. The molecule has 0 saturated heterocycles. The molecule has 0 saturated carbocycles. The summed E-state index contributed by atoms with van der Waals surface area (Å²) in [5, 5.41) is 13.4. The molecular weight excluding hydrogens is 414 g/mol. The summed E-state index contributed by atoms with van der Waals surface area (Å²) in [5.74, 6) is 1.78. The number of hydrogen-bond donors (Lipinski definition) is 1. The normalized spacial score (nSPS) is 10.8. The maximum Gasteiger partial charge on any atom is 0.407 e. The van der Waals surface area contributed by atoms with E-state index in [1.807, 2.05) is 32.9 Å². The van der Waals surface area contributed by atoms with Crippen LogP contribution in [0.2, 0.25) is 0 Å². The molecule has 3 rings (SSSR count).